The summed E-state index contributed by atoms with van der Waals surface area (Å²) in [5, 5.41) is 0. The Hall–Kier alpha value is -1.68. The van der Waals surface area contributed by atoms with Gasteiger partial charge in [0, 0.05) is 5.92 Å². The lowest BCUT2D eigenvalue weighted by molar-refractivity contribution is 0.196. The van der Waals surface area contributed by atoms with Crippen molar-refractivity contribution >= 4 is 0 Å². The summed E-state index contributed by atoms with van der Waals surface area (Å²) in [7, 11) is 0. The number of rotatable bonds is 8. The molecule has 2 saturated carbocycles. The summed E-state index contributed by atoms with van der Waals surface area (Å²) in [6.07, 6.45) is 20.2. The second-order valence-corrected chi connectivity index (χ2v) is 9.64. The largest absolute Gasteiger partial charge is 0.493 e. The summed E-state index contributed by atoms with van der Waals surface area (Å²) < 4.78 is 6.06. The molecule has 3 rings (SSSR count). The van der Waals surface area contributed by atoms with E-state index in [1.165, 1.54) is 76.2 Å². The quantitative estimate of drug-likeness (QED) is 0.397. The Labute approximate surface area is 185 Å². The third-order valence-electron chi connectivity index (χ3n) is 7.12. The van der Waals surface area contributed by atoms with Crippen molar-refractivity contribution in [3.05, 3.63) is 42.0 Å². The summed E-state index contributed by atoms with van der Waals surface area (Å²) in [6.45, 7) is 5.39. The molecular formula is C29H42O. The number of allylic oxidation sites excluding steroid dienone is 2. The van der Waals surface area contributed by atoms with Crippen LogP contribution >= 0.6 is 0 Å². The number of ether oxygens (including phenoxy) is 1. The van der Waals surface area contributed by atoms with Crippen molar-refractivity contribution in [2.75, 3.05) is 6.61 Å². The van der Waals surface area contributed by atoms with Crippen molar-refractivity contribution in [1.82, 2.24) is 0 Å². The van der Waals surface area contributed by atoms with Crippen LogP contribution in [0.5, 0.6) is 5.75 Å². The maximum Gasteiger partial charge on any atom is 0.119 e. The molecule has 164 valence electrons. The molecule has 1 aromatic carbocycles. The topological polar surface area (TPSA) is 9.23 Å². The predicted molar refractivity (Wildman–Crippen MR) is 129 cm³/mol. The van der Waals surface area contributed by atoms with Gasteiger partial charge < -0.3 is 4.74 Å². The fourth-order valence-electron chi connectivity index (χ4n) is 5.16. The van der Waals surface area contributed by atoms with Crippen LogP contribution in [0.2, 0.25) is 0 Å². The van der Waals surface area contributed by atoms with Crippen LogP contribution in [0.3, 0.4) is 0 Å². The second kappa shape index (κ2) is 12.9. The first-order valence-corrected chi connectivity index (χ1v) is 12.7. The van der Waals surface area contributed by atoms with E-state index < -0.39 is 0 Å². The van der Waals surface area contributed by atoms with Gasteiger partial charge in [0.1, 0.15) is 5.75 Å². The van der Waals surface area contributed by atoms with E-state index in [9.17, 15) is 0 Å². The third kappa shape index (κ3) is 7.86. The van der Waals surface area contributed by atoms with Gasteiger partial charge in [-0.25, -0.2) is 0 Å². The lowest BCUT2D eigenvalue weighted by atomic mass is 9.80. The first-order valence-electron chi connectivity index (χ1n) is 12.7. The van der Waals surface area contributed by atoms with Crippen molar-refractivity contribution in [2.45, 2.75) is 90.9 Å². The van der Waals surface area contributed by atoms with Gasteiger partial charge in [-0.15, -0.1) is 0 Å². The van der Waals surface area contributed by atoms with Gasteiger partial charge in [0.25, 0.3) is 0 Å². The molecule has 1 nitrogen and oxygen atoms in total. The zero-order chi connectivity index (χ0) is 21.0. The van der Waals surface area contributed by atoms with E-state index >= 15 is 0 Å². The van der Waals surface area contributed by atoms with Crippen LogP contribution in [0.15, 0.2) is 36.4 Å². The van der Waals surface area contributed by atoms with E-state index in [-0.39, 0.29) is 0 Å². The molecule has 0 amide bonds. The molecule has 2 aliphatic rings. The van der Waals surface area contributed by atoms with E-state index in [0.29, 0.717) is 11.8 Å². The van der Waals surface area contributed by atoms with Crippen molar-refractivity contribution in [3.8, 4) is 17.6 Å². The molecule has 0 saturated heterocycles. The van der Waals surface area contributed by atoms with E-state index in [4.69, 9.17) is 4.74 Å². The highest BCUT2D eigenvalue weighted by Gasteiger charge is 2.20. The molecule has 1 heteroatoms. The van der Waals surface area contributed by atoms with Crippen LogP contribution in [0.1, 0.15) is 90.0 Å². The van der Waals surface area contributed by atoms with Crippen LogP contribution in [-0.4, -0.2) is 6.61 Å². The Morgan fingerprint density at radius 1 is 0.867 bits per heavy atom. The minimum atomic E-state index is 0.583. The molecule has 30 heavy (non-hydrogen) atoms. The van der Waals surface area contributed by atoms with Crippen LogP contribution in [0, 0.1) is 35.5 Å². The second-order valence-electron chi connectivity index (χ2n) is 9.64. The van der Waals surface area contributed by atoms with Gasteiger partial charge in [-0.1, -0.05) is 63.2 Å². The van der Waals surface area contributed by atoms with Gasteiger partial charge in [-0.05, 0) is 99.3 Å². The fourth-order valence-corrected chi connectivity index (χ4v) is 5.16. The summed E-state index contributed by atoms with van der Waals surface area (Å²) in [4.78, 5) is 0. The molecule has 0 heterocycles. The molecule has 0 spiro atoms. The normalized spacial score (nSPS) is 26.9. The molecule has 0 N–H and O–H groups in total. The summed E-state index contributed by atoms with van der Waals surface area (Å²) >= 11 is 0. The van der Waals surface area contributed by atoms with E-state index in [1.807, 2.05) is 0 Å². The van der Waals surface area contributed by atoms with Crippen LogP contribution in [-0.2, 0) is 6.42 Å². The molecule has 2 aliphatic carbocycles. The minimum Gasteiger partial charge on any atom is -0.493 e. The lowest BCUT2D eigenvalue weighted by Gasteiger charge is -2.26. The average molecular weight is 407 g/mol. The SMILES string of the molecule is CCCc1ccc(OC[C@H]2CC[C@H](C#C/C=C/[C@H]3CC[C@H](CCC)CC3)CC2)cc1. The number of hydrogen-bond acceptors (Lipinski definition) is 1. The van der Waals surface area contributed by atoms with Crippen LogP contribution in [0.4, 0.5) is 0 Å². The summed E-state index contributed by atoms with van der Waals surface area (Å²) in [6, 6.07) is 8.67. The maximum absolute atomic E-state index is 6.06. The van der Waals surface area contributed by atoms with Gasteiger partial charge in [0.15, 0.2) is 0 Å². The number of hydrogen-bond donors (Lipinski definition) is 0. The van der Waals surface area contributed by atoms with Crippen LogP contribution < -0.4 is 4.74 Å². The zero-order valence-electron chi connectivity index (χ0n) is 19.4. The van der Waals surface area contributed by atoms with E-state index in [0.717, 1.165) is 30.6 Å². The van der Waals surface area contributed by atoms with Crippen molar-refractivity contribution in [3.63, 3.8) is 0 Å². The molecule has 0 unspecified atom stereocenters. The Morgan fingerprint density at radius 3 is 2.23 bits per heavy atom. The van der Waals surface area contributed by atoms with Crippen molar-refractivity contribution in [2.24, 2.45) is 23.7 Å². The average Bonchev–Trinajstić information content (AvgIpc) is 2.78. The van der Waals surface area contributed by atoms with Crippen molar-refractivity contribution < 1.29 is 4.74 Å². The summed E-state index contributed by atoms with van der Waals surface area (Å²) in [5.41, 5.74) is 1.40. The number of benzene rings is 1. The highest BCUT2D eigenvalue weighted by atomic mass is 16.5. The molecule has 0 aromatic heterocycles. The highest BCUT2D eigenvalue weighted by Crippen LogP contribution is 2.32. The molecule has 0 atom stereocenters. The molecule has 0 aliphatic heterocycles. The van der Waals surface area contributed by atoms with E-state index in [1.54, 1.807) is 0 Å². The Bertz CT molecular complexity index is 673. The predicted octanol–water partition coefficient (Wildman–Crippen LogP) is 7.99. The Morgan fingerprint density at radius 2 is 1.57 bits per heavy atom. The monoisotopic (exact) mass is 406 g/mol. The molecule has 0 bridgehead atoms. The maximum atomic E-state index is 6.06. The minimum absolute atomic E-state index is 0.583. The molecule has 1 aromatic rings. The standard InChI is InChI=1S/C29H42O/c1-3-7-24-11-13-26(14-12-24)9-5-6-10-27-15-17-28(18-16-27)23-30-29-21-19-25(8-4-2)20-22-29/h5,9,19-22,24,26-28H,3-4,7-8,11-18,23H2,1-2H3/b9-5+/t24-,26-,27-,28-. The van der Waals surface area contributed by atoms with Gasteiger partial charge in [0.05, 0.1) is 6.61 Å². The van der Waals surface area contributed by atoms with Crippen LogP contribution in [0.25, 0.3) is 0 Å². The van der Waals surface area contributed by atoms with Crippen molar-refractivity contribution in [1.29, 1.82) is 0 Å². The summed E-state index contributed by atoms with van der Waals surface area (Å²) in [5.74, 6) is 10.9. The molecular weight excluding hydrogens is 364 g/mol. The lowest BCUT2D eigenvalue weighted by Crippen LogP contribution is -2.19. The van der Waals surface area contributed by atoms with Gasteiger partial charge in [0.2, 0.25) is 0 Å². The molecule has 2 fully saturated rings. The third-order valence-corrected chi connectivity index (χ3v) is 7.12. The van der Waals surface area contributed by atoms with Gasteiger partial charge in [-0.3, -0.25) is 0 Å². The van der Waals surface area contributed by atoms with E-state index in [2.05, 4.69) is 62.1 Å². The molecule has 0 radical (unpaired) electrons. The fraction of sp³-hybridized carbons (Fsp3) is 0.655. The highest BCUT2D eigenvalue weighted by molar-refractivity contribution is 5.27. The Kier molecular flexibility index (Phi) is 9.88. The Balaban J connectivity index is 1.31. The first-order chi connectivity index (χ1) is 14.8. The van der Waals surface area contributed by atoms with Gasteiger partial charge in [-0.2, -0.15) is 0 Å². The zero-order valence-corrected chi connectivity index (χ0v) is 19.4. The smallest absolute Gasteiger partial charge is 0.119 e. The van der Waals surface area contributed by atoms with Gasteiger partial charge >= 0.3 is 0 Å². The number of aryl methyl sites for hydroxylation is 1. The first kappa shape index (κ1) is 23.0.